The third-order valence-corrected chi connectivity index (χ3v) is 8.90. The minimum Gasteiger partial charge on any atom is -0.413 e. The molecule has 1 heterocycles. The molecule has 0 atom stereocenters. The minimum absolute atomic E-state index is 0. The molecular formula is C18H32N2O4Si. The van der Waals surface area contributed by atoms with Crippen molar-refractivity contribution in [3.63, 3.8) is 0 Å². The highest BCUT2D eigenvalue weighted by Crippen LogP contribution is 2.38. The fourth-order valence-electron chi connectivity index (χ4n) is 1.95. The molecule has 0 spiro atoms. The van der Waals surface area contributed by atoms with Crippen LogP contribution in [0, 0.1) is 0 Å². The lowest BCUT2D eigenvalue weighted by atomic mass is 10.1. The molecule has 1 aliphatic heterocycles. The second-order valence-electron chi connectivity index (χ2n) is 7.44. The number of carbonyl (C=O) groups excluding carboxylic acids is 2. The summed E-state index contributed by atoms with van der Waals surface area (Å²) < 4.78 is 10.5. The van der Waals surface area contributed by atoms with E-state index < -0.39 is 20.3 Å². The van der Waals surface area contributed by atoms with Crippen molar-refractivity contribution < 1.29 is 18.8 Å². The minimum atomic E-state index is -1.91. The van der Waals surface area contributed by atoms with Crippen molar-refractivity contribution in [3.8, 4) is 0 Å². The molecule has 0 aromatic heterocycles. The van der Waals surface area contributed by atoms with Crippen molar-refractivity contribution >= 4 is 20.3 Å². The number of benzene rings is 1. The Morgan fingerprint density at radius 2 is 1.60 bits per heavy atom. The van der Waals surface area contributed by atoms with Gasteiger partial charge < -0.3 is 21.0 Å². The van der Waals surface area contributed by atoms with Crippen molar-refractivity contribution in [2.75, 3.05) is 0 Å². The molecule has 0 radical (unpaired) electrons. The van der Waals surface area contributed by atoms with Crippen LogP contribution in [0.1, 0.15) is 39.2 Å². The topological polar surface area (TPSA) is 114 Å². The van der Waals surface area contributed by atoms with E-state index in [9.17, 15) is 9.59 Å². The zero-order valence-electron chi connectivity index (χ0n) is 16.0. The number of nitrogens with two attached hydrogens (primary N) is 1. The molecule has 25 heavy (non-hydrogen) atoms. The molecule has 1 fully saturated rings. The van der Waals surface area contributed by atoms with Gasteiger partial charge in [0.1, 0.15) is 0 Å². The summed E-state index contributed by atoms with van der Waals surface area (Å²) in [5.41, 5.74) is 6.54. The molecule has 0 saturated carbocycles. The van der Waals surface area contributed by atoms with Gasteiger partial charge in [-0.25, -0.2) is 0 Å². The number of esters is 2. The first kappa shape index (κ1) is 23.5. The van der Waals surface area contributed by atoms with Crippen LogP contribution in [-0.2, 0) is 25.3 Å². The van der Waals surface area contributed by atoms with Gasteiger partial charge in [0.15, 0.2) is 8.32 Å². The average molecular weight is 369 g/mol. The highest BCUT2D eigenvalue weighted by molar-refractivity contribution is 6.74. The molecule has 1 aromatic rings. The molecular weight excluding hydrogens is 336 g/mol. The summed E-state index contributed by atoms with van der Waals surface area (Å²) in [6, 6.07) is 9.99. The van der Waals surface area contributed by atoms with Crippen molar-refractivity contribution in [1.29, 1.82) is 0 Å². The Bertz CT molecular complexity index is 540. The predicted molar refractivity (Wildman–Crippen MR) is 102 cm³/mol. The molecule has 1 aliphatic rings. The van der Waals surface area contributed by atoms with Crippen molar-refractivity contribution in [3.05, 3.63) is 35.9 Å². The Morgan fingerprint density at radius 3 is 1.96 bits per heavy atom. The van der Waals surface area contributed by atoms with Gasteiger partial charge in [0.05, 0.1) is 18.9 Å². The van der Waals surface area contributed by atoms with E-state index in [2.05, 4.69) is 38.6 Å². The van der Waals surface area contributed by atoms with Gasteiger partial charge in [-0.2, -0.15) is 0 Å². The molecule has 5 N–H and O–H groups in total. The zero-order chi connectivity index (χ0) is 18.4. The second-order valence-corrected chi connectivity index (χ2v) is 12.2. The number of hydrogen-bond donors (Lipinski definition) is 2. The van der Waals surface area contributed by atoms with Crippen LogP contribution in [0.2, 0.25) is 18.1 Å². The van der Waals surface area contributed by atoms with Crippen molar-refractivity contribution in [2.24, 2.45) is 5.73 Å². The van der Waals surface area contributed by atoms with Crippen LogP contribution >= 0.6 is 0 Å². The SMILES string of the molecule is CC(C)(C)[Si](C)(C)OC1CC(=O)OC(=O)C1.N.NCc1ccccc1. The van der Waals surface area contributed by atoms with Crippen LogP contribution in [0.25, 0.3) is 0 Å². The smallest absolute Gasteiger partial charge is 0.316 e. The molecule has 0 unspecified atom stereocenters. The van der Waals surface area contributed by atoms with Crippen molar-refractivity contribution in [2.45, 2.75) is 64.4 Å². The largest absolute Gasteiger partial charge is 0.413 e. The second kappa shape index (κ2) is 9.81. The van der Waals surface area contributed by atoms with E-state index in [0.29, 0.717) is 6.54 Å². The first-order valence-corrected chi connectivity index (χ1v) is 11.1. The Balaban J connectivity index is 0.000000540. The van der Waals surface area contributed by atoms with Crippen LogP contribution in [0.3, 0.4) is 0 Å². The van der Waals surface area contributed by atoms with Crippen LogP contribution in [0.4, 0.5) is 0 Å². The summed E-state index contributed by atoms with van der Waals surface area (Å²) in [6.45, 7) is 11.2. The number of hydrogen-bond acceptors (Lipinski definition) is 6. The first-order chi connectivity index (χ1) is 11.0. The third-order valence-electron chi connectivity index (χ3n) is 4.36. The number of ether oxygens (including phenoxy) is 1. The van der Waals surface area contributed by atoms with Gasteiger partial charge >= 0.3 is 11.9 Å². The fourth-order valence-corrected chi connectivity index (χ4v) is 3.30. The third kappa shape index (κ3) is 7.92. The molecule has 0 amide bonds. The Morgan fingerprint density at radius 1 is 1.12 bits per heavy atom. The van der Waals surface area contributed by atoms with Crippen LogP contribution in [0.15, 0.2) is 30.3 Å². The summed E-state index contributed by atoms with van der Waals surface area (Å²) in [5.74, 6) is -0.945. The lowest BCUT2D eigenvalue weighted by molar-refractivity contribution is -0.167. The lowest BCUT2D eigenvalue weighted by Gasteiger charge is -2.39. The maximum Gasteiger partial charge on any atom is 0.316 e. The van der Waals surface area contributed by atoms with Gasteiger partial charge in [-0.15, -0.1) is 0 Å². The summed E-state index contributed by atoms with van der Waals surface area (Å²) in [7, 11) is -1.91. The molecule has 1 aromatic carbocycles. The van der Waals surface area contributed by atoms with Gasteiger partial charge in [0.25, 0.3) is 0 Å². The molecule has 0 bridgehead atoms. The van der Waals surface area contributed by atoms with E-state index in [1.807, 2.05) is 30.3 Å². The van der Waals surface area contributed by atoms with Gasteiger partial charge in [-0.3, -0.25) is 9.59 Å². The summed E-state index contributed by atoms with van der Waals surface area (Å²) >= 11 is 0. The Labute approximate surface area is 151 Å². The summed E-state index contributed by atoms with van der Waals surface area (Å²) in [6.07, 6.45) is 0.0888. The molecule has 2 rings (SSSR count). The lowest BCUT2D eigenvalue weighted by Crippen LogP contribution is -2.46. The van der Waals surface area contributed by atoms with Crippen LogP contribution in [-0.4, -0.2) is 26.4 Å². The molecule has 1 saturated heterocycles. The Kier molecular flexibility index (Phi) is 9.21. The molecule has 6 nitrogen and oxygen atoms in total. The highest BCUT2D eigenvalue weighted by Gasteiger charge is 2.41. The van der Waals surface area contributed by atoms with Crippen LogP contribution < -0.4 is 11.9 Å². The maximum atomic E-state index is 11.1. The first-order valence-electron chi connectivity index (χ1n) is 8.20. The van der Waals surface area contributed by atoms with Crippen molar-refractivity contribution in [1.82, 2.24) is 6.15 Å². The normalized spacial score (nSPS) is 15.6. The van der Waals surface area contributed by atoms with E-state index >= 15 is 0 Å². The maximum absolute atomic E-state index is 11.1. The molecule has 0 aliphatic carbocycles. The van der Waals surface area contributed by atoms with Crippen LogP contribution in [0.5, 0.6) is 0 Å². The monoisotopic (exact) mass is 368 g/mol. The van der Waals surface area contributed by atoms with E-state index in [0.717, 1.165) is 0 Å². The molecule has 142 valence electrons. The number of cyclic esters (lactones) is 2. The van der Waals surface area contributed by atoms with E-state index in [4.69, 9.17) is 10.2 Å². The quantitative estimate of drug-likeness (QED) is 0.479. The highest BCUT2D eigenvalue weighted by atomic mass is 28.4. The average Bonchev–Trinajstić information content (AvgIpc) is 2.46. The number of carbonyl (C=O) groups is 2. The predicted octanol–water partition coefficient (Wildman–Crippen LogP) is 3.55. The molecule has 7 heteroatoms. The Hall–Kier alpha value is -1.54. The van der Waals surface area contributed by atoms with Gasteiger partial charge in [0.2, 0.25) is 0 Å². The van der Waals surface area contributed by atoms with E-state index in [1.54, 1.807) is 0 Å². The zero-order valence-corrected chi connectivity index (χ0v) is 17.0. The van der Waals surface area contributed by atoms with E-state index in [1.165, 1.54) is 5.56 Å². The van der Waals surface area contributed by atoms with Gasteiger partial charge in [0, 0.05) is 6.54 Å². The fraction of sp³-hybridized carbons (Fsp3) is 0.556. The number of rotatable bonds is 3. The van der Waals surface area contributed by atoms with E-state index in [-0.39, 0.29) is 30.1 Å². The standard InChI is InChI=1S/C11H20O4Si.C7H9N.H3N/c1-11(2,3)16(4,5)15-8-6-9(12)14-10(13)7-8;8-6-7-4-2-1-3-5-7;/h8H,6-7H2,1-5H3;1-5H,6,8H2;1H3. The summed E-state index contributed by atoms with van der Waals surface area (Å²) in [4.78, 5) is 22.2. The summed E-state index contributed by atoms with van der Waals surface area (Å²) in [5, 5.41) is 0.0808. The van der Waals surface area contributed by atoms with Gasteiger partial charge in [-0.1, -0.05) is 51.1 Å². The van der Waals surface area contributed by atoms with Gasteiger partial charge in [-0.05, 0) is 23.7 Å².